The number of amides is 1. The van der Waals surface area contributed by atoms with Crippen LogP contribution in [0.3, 0.4) is 0 Å². The van der Waals surface area contributed by atoms with Gasteiger partial charge in [-0.2, -0.15) is 0 Å². The summed E-state index contributed by atoms with van der Waals surface area (Å²) in [5, 5.41) is 2.96. The Bertz CT molecular complexity index is 739. The van der Waals surface area contributed by atoms with Crippen LogP contribution in [0, 0.1) is 0 Å². The van der Waals surface area contributed by atoms with Crippen LogP contribution < -0.4 is 5.32 Å². The minimum Gasteiger partial charge on any atom is -0.342 e. The summed E-state index contributed by atoms with van der Waals surface area (Å²) in [7, 11) is 0. The number of hydrogen-bond acceptors (Lipinski definition) is 7. The van der Waals surface area contributed by atoms with Crippen molar-refractivity contribution in [3.63, 3.8) is 0 Å². The van der Waals surface area contributed by atoms with Crippen LogP contribution in [0.1, 0.15) is 27.7 Å². The smallest absolute Gasteiger partial charge is 0.256 e. The van der Waals surface area contributed by atoms with Crippen LogP contribution in [0.2, 0.25) is 0 Å². The average molecular weight is 395 g/mol. The van der Waals surface area contributed by atoms with Gasteiger partial charge in [0, 0.05) is 4.90 Å². The number of carbonyl (C=O) groups is 1. The van der Waals surface area contributed by atoms with Crippen molar-refractivity contribution >= 4 is 23.4 Å². The second-order valence-electron chi connectivity index (χ2n) is 7.78. The van der Waals surface area contributed by atoms with E-state index in [1.807, 2.05) is 58.2 Å². The first-order valence-electron chi connectivity index (χ1n) is 9.00. The van der Waals surface area contributed by atoms with E-state index in [9.17, 15) is 4.79 Å². The molecule has 3 heterocycles. The average Bonchev–Trinajstić information content (AvgIpc) is 3.08. The molecule has 5 atom stereocenters. The fourth-order valence-corrected chi connectivity index (χ4v) is 4.33. The highest BCUT2D eigenvalue weighted by atomic mass is 32.2. The quantitative estimate of drug-likeness (QED) is 0.789. The van der Waals surface area contributed by atoms with E-state index in [0.29, 0.717) is 0 Å². The van der Waals surface area contributed by atoms with Gasteiger partial charge in [-0.3, -0.25) is 4.79 Å². The van der Waals surface area contributed by atoms with Crippen molar-refractivity contribution < 1.29 is 28.5 Å². The lowest BCUT2D eigenvalue weighted by molar-refractivity contribution is -0.229. The third-order valence-electron chi connectivity index (χ3n) is 4.78. The number of thioether (sulfide) groups is 1. The molecule has 1 aromatic carbocycles. The summed E-state index contributed by atoms with van der Waals surface area (Å²) in [5.74, 6) is -1.94. The first kappa shape index (κ1) is 19.2. The molecule has 3 aliphatic rings. The lowest BCUT2D eigenvalue weighted by Gasteiger charge is -2.36. The number of hydrogen-bond donors (Lipinski definition) is 1. The molecule has 3 aliphatic heterocycles. The molecule has 0 aliphatic carbocycles. The van der Waals surface area contributed by atoms with Crippen molar-refractivity contribution in [1.82, 2.24) is 0 Å². The van der Waals surface area contributed by atoms with Gasteiger partial charge in [0.25, 0.3) is 5.91 Å². The molecule has 0 radical (unpaired) electrons. The molecule has 7 nitrogen and oxygen atoms in total. The lowest BCUT2D eigenvalue weighted by Crippen LogP contribution is -2.58. The van der Waals surface area contributed by atoms with Crippen molar-refractivity contribution in [2.45, 2.75) is 74.9 Å². The molecule has 0 saturated carbocycles. The Balaban J connectivity index is 1.59. The molecule has 0 bridgehead atoms. The van der Waals surface area contributed by atoms with E-state index < -0.39 is 42.3 Å². The maximum atomic E-state index is 13.1. The van der Waals surface area contributed by atoms with Crippen LogP contribution in [-0.2, 0) is 28.5 Å². The maximum absolute atomic E-state index is 13.1. The summed E-state index contributed by atoms with van der Waals surface area (Å²) < 4.78 is 29.8. The molecule has 0 aromatic heterocycles. The second-order valence-corrected chi connectivity index (χ2v) is 8.63. The molecule has 4 rings (SSSR count). The summed E-state index contributed by atoms with van der Waals surface area (Å²) in [6.45, 7) is 7.27. The van der Waals surface area contributed by atoms with E-state index in [1.54, 1.807) is 11.8 Å². The SMILES string of the molecule is CSc1ccccc1NC(=O)[C@@H]1O[C@H]2OC(C)(C)O[C@@H]2[C@@H]2OC(C)(C)O[C@H]21. The van der Waals surface area contributed by atoms with Crippen molar-refractivity contribution in [2.24, 2.45) is 0 Å². The van der Waals surface area contributed by atoms with Gasteiger partial charge in [0.1, 0.15) is 18.3 Å². The number of ether oxygens (including phenoxy) is 5. The van der Waals surface area contributed by atoms with Gasteiger partial charge in [-0.15, -0.1) is 11.8 Å². The standard InChI is InChI=1S/C19H25NO6S/c1-18(2)23-12-13(24-18)15-17(26-19(3,4)25-15)22-14(12)16(21)20-10-8-6-7-9-11(10)27-5/h6-9,12-15,17H,1-5H3,(H,20,21)/t12-,13-,14-,15-,17+/m1/s1. The molecule has 3 fully saturated rings. The number of para-hydroxylation sites is 1. The van der Waals surface area contributed by atoms with Crippen LogP contribution in [-0.4, -0.2) is 54.4 Å². The Morgan fingerprint density at radius 2 is 1.59 bits per heavy atom. The molecule has 8 heteroatoms. The number of fused-ring (bicyclic) bond motifs is 3. The zero-order chi connectivity index (χ0) is 19.4. The summed E-state index contributed by atoms with van der Waals surface area (Å²) in [4.78, 5) is 14.0. The molecule has 1 aromatic rings. The van der Waals surface area contributed by atoms with E-state index >= 15 is 0 Å². The topological polar surface area (TPSA) is 75.3 Å². The van der Waals surface area contributed by atoms with Crippen molar-refractivity contribution in [1.29, 1.82) is 0 Å². The van der Waals surface area contributed by atoms with Crippen LogP contribution in [0.4, 0.5) is 5.69 Å². The first-order valence-corrected chi connectivity index (χ1v) is 10.2. The number of carbonyl (C=O) groups excluding carboxylic acids is 1. The minimum atomic E-state index is -0.870. The van der Waals surface area contributed by atoms with Gasteiger partial charge in [-0.05, 0) is 46.1 Å². The van der Waals surface area contributed by atoms with E-state index in [4.69, 9.17) is 23.7 Å². The van der Waals surface area contributed by atoms with Gasteiger partial charge in [0.05, 0.1) is 5.69 Å². The summed E-state index contributed by atoms with van der Waals surface area (Å²) in [6, 6.07) is 7.63. The largest absolute Gasteiger partial charge is 0.342 e. The first-order chi connectivity index (χ1) is 12.7. The molecule has 148 valence electrons. The Hall–Kier alpha value is -1.16. The van der Waals surface area contributed by atoms with Crippen molar-refractivity contribution in [3.8, 4) is 0 Å². The Labute approximate surface area is 163 Å². The van der Waals surface area contributed by atoms with Gasteiger partial charge < -0.3 is 29.0 Å². The Morgan fingerprint density at radius 3 is 2.33 bits per heavy atom. The van der Waals surface area contributed by atoms with Crippen LogP contribution in [0.15, 0.2) is 29.2 Å². The number of anilines is 1. The predicted molar refractivity (Wildman–Crippen MR) is 99.4 cm³/mol. The summed E-state index contributed by atoms with van der Waals surface area (Å²) >= 11 is 1.56. The summed E-state index contributed by atoms with van der Waals surface area (Å²) in [6.07, 6.45) is -1.08. The zero-order valence-electron chi connectivity index (χ0n) is 16.1. The van der Waals surface area contributed by atoms with E-state index in [1.165, 1.54) is 0 Å². The molecule has 3 saturated heterocycles. The van der Waals surface area contributed by atoms with Crippen LogP contribution in [0.25, 0.3) is 0 Å². The molecular formula is C19H25NO6S. The van der Waals surface area contributed by atoms with E-state index in [2.05, 4.69) is 5.32 Å². The highest BCUT2D eigenvalue weighted by Gasteiger charge is 2.62. The van der Waals surface area contributed by atoms with E-state index in [0.717, 1.165) is 10.6 Å². The number of rotatable bonds is 3. The van der Waals surface area contributed by atoms with E-state index in [-0.39, 0.29) is 5.91 Å². The van der Waals surface area contributed by atoms with Gasteiger partial charge >= 0.3 is 0 Å². The Kier molecular flexibility index (Phi) is 4.77. The monoisotopic (exact) mass is 395 g/mol. The van der Waals surface area contributed by atoms with Crippen molar-refractivity contribution in [3.05, 3.63) is 24.3 Å². The molecule has 0 spiro atoms. The maximum Gasteiger partial charge on any atom is 0.256 e. The lowest BCUT2D eigenvalue weighted by atomic mass is 9.98. The minimum absolute atomic E-state index is 0.292. The van der Waals surface area contributed by atoms with Gasteiger partial charge in [0.2, 0.25) is 0 Å². The van der Waals surface area contributed by atoms with Gasteiger partial charge in [0.15, 0.2) is 24.0 Å². The third kappa shape index (κ3) is 3.62. The molecular weight excluding hydrogens is 370 g/mol. The fraction of sp³-hybridized carbons (Fsp3) is 0.632. The second kappa shape index (κ2) is 6.72. The Morgan fingerprint density at radius 1 is 0.963 bits per heavy atom. The van der Waals surface area contributed by atoms with Crippen molar-refractivity contribution in [2.75, 3.05) is 11.6 Å². The highest BCUT2D eigenvalue weighted by Crippen LogP contribution is 2.44. The third-order valence-corrected chi connectivity index (χ3v) is 5.57. The molecule has 0 unspecified atom stereocenters. The number of benzene rings is 1. The number of nitrogens with one attached hydrogen (secondary N) is 1. The summed E-state index contributed by atoms with van der Waals surface area (Å²) in [5.41, 5.74) is 0.736. The normalized spacial score (nSPS) is 36.1. The fourth-order valence-electron chi connectivity index (χ4n) is 3.78. The van der Waals surface area contributed by atoms with Gasteiger partial charge in [-0.1, -0.05) is 12.1 Å². The molecule has 1 N–H and O–H groups in total. The van der Waals surface area contributed by atoms with Crippen LogP contribution >= 0.6 is 11.8 Å². The van der Waals surface area contributed by atoms with Crippen LogP contribution in [0.5, 0.6) is 0 Å². The highest BCUT2D eigenvalue weighted by molar-refractivity contribution is 7.98. The molecule has 1 amide bonds. The molecule has 27 heavy (non-hydrogen) atoms. The predicted octanol–water partition coefficient (Wildman–Crippen LogP) is 2.74. The zero-order valence-corrected chi connectivity index (χ0v) is 16.9. The van der Waals surface area contributed by atoms with Gasteiger partial charge in [-0.25, -0.2) is 0 Å².